The number of hydrogen-bond acceptors (Lipinski definition) is 3. The molecule has 2 aromatic rings. The van der Waals surface area contributed by atoms with Crippen LogP contribution in [0.4, 0.5) is 0 Å². The minimum atomic E-state index is -0.436. The highest BCUT2D eigenvalue weighted by Gasteiger charge is 2.09. The second kappa shape index (κ2) is 6.84. The van der Waals surface area contributed by atoms with Gasteiger partial charge in [-0.3, -0.25) is 4.79 Å². The third-order valence-electron chi connectivity index (χ3n) is 3.15. The van der Waals surface area contributed by atoms with Crippen molar-refractivity contribution in [3.8, 4) is 0 Å². The molecule has 104 valence electrons. The summed E-state index contributed by atoms with van der Waals surface area (Å²) in [5, 5.41) is 12.7. The summed E-state index contributed by atoms with van der Waals surface area (Å²) in [4.78, 5) is 11.1. The molecule has 2 aromatic carbocycles. The molecule has 4 heteroatoms. The molecule has 2 rings (SSSR count). The first-order valence-corrected chi connectivity index (χ1v) is 6.48. The summed E-state index contributed by atoms with van der Waals surface area (Å²) in [6, 6.07) is 16.8. The number of rotatable bonds is 6. The highest BCUT2D eigenvalue weighted by Crippen LogP contribution is 2.13. The fourth-order valence-corrected chi connectivity index (χ4v) is 2.05. The van der Waals surface area contributed by atoms with Crippen LogP contribution in [-0.2, 0) is 6.54 Å². The lowest BCUT2D eigenvalue weighted by Crippen LogP contribution is -2.24. The summed E-state index contributed by atoms with van der Waals surface area (Å²) in [7, 11) is 0. The second-order valence-electron chi connectivity index (χ2n) is 4.59. The molecule has 0 unspecified atom stereocenters. The maximum absolute atomic E-state index is 11.1. The van der Waals surface area contributed by atoms with E-state index in [1.807, 2.05) is 36.4 Å². The standard InChI is InChI=1S/C16H18N2O2/c17-16(20)14-8-4-5-12(9-14)10-18-15(11-19)13-6-2-1-3-7-13/h1-9,15,18-19H,10-11H2,(H2,17,20)/t15-/m0/s1. The van der Waals surface area contributed by atoms with Crippen LogP contribution < -0.4 is 11.1 Å². The molecule has 1 atom stereocenters. The molecule has 4 N–H and O–H groups in total. The first-order chi connectivity index (χ1) is 9.70. The van der Waals surface area contributed by atoms with E-state index in [2.05, 4.69) is 5.32 Å². The molecule has 0 heterocycles. The SMILES string of the molecule is NC(=O)c1cccc(CN[C@@H](CO)c2ccccc2)c1. The maximum atomic E-state index is 11.1. The second-order valence-corrected chi connectivity index (χ2v) is 4.59. The first kappa shape index (κ1) is 14.2. The van der Waals surface area contributed by atoms with Gasteiger partial charge in [-0.2, -0.15) is 0 Å². The molecule has 0 bridgehead atoms. The van der Waals surface area contributed by atoms with Crippen molar-refractivity contribution in [2.24, 2.45) is 5.73 Å². The molecule has 4 nitrogen and oxygen atoms in total. The third kappa shape index (κ3) is 3.66. The summed E-state index contributed by atoms with van der Waals surface area (Å²) in [6.07, 6.45) is 0. The Hall–Kier alpha value is -2.17. The number of carbonyl (C=O) groups excluding carboxylic acids is 1. The van der Waals surface area contributed by atoms with Crippen molar-refractivity contribution in [3.05, 3.63) is 71.3 Å². The average molecular weight is 270 g/mol. The summed E-state index contributed by atoms with van der Waals surface area (Å²) in [5.74, 6) is -0.436. The van der Waals surface area contributed by atoms with Crippen LogP contribution in [0.5, 0.6) is 0 Å². The van der Waals surface area contributed by atoms with E-state index in [1.165, 1.54) is 0 Å². The number of benzene rings is 2. The van der Waals surface area contributed by atoms with Gasteiger partial charge in [0.25, 0.3) is 0 Å². The van der Waals surface area contributed by atoms with Gasteiger partial charge in [-0.25, -0.2) is 0 Å². The quantitative estimate of drug-likeness (QED) is 0.746. The number of aliphatic hydroxyl groups excluding tert-OH is 1. The summed E-state index contributed by atoms with van der Waals surface area (Å²) in [6.45, 7) is 0.570. The van der Waals surface area contributed by atoms with E-state index in [9.17, 15) is 9.90 Å². The van der Waals surface area contributed by atoms with Crippen LogP contribution >= 0.6 is 0 Å². The zero-order valence-corrected chi connectivity index (χ0v) is 11.1. The Bertz CT molecular complexity index is 570. The Morgan fingerprint density at radius 1 is 1.15 bits per heavy atom. The molecule has 1 amide bonds. The molecule has 0 aliphatic rings. The lowest BCUT2D eigenvalue weighted by Gasteiger charge is -2.17. The predicted molar refractivity (Wildman–Crippen MR) is 78.1 cm³/mol. The molecular formula is C16H18N2O2. The van der Waals surface area contributed by atoms with E-state index in [0.29, 0.717) is 12.1 Å². The third-order valence-corrected chi connectivity index (χ3v) is 3.15. The van der Waals surface area contributed by atoms with Crippen molar-refractivity contribution in [1.29, 1.82) is 0 Å². The van der Waals surface area contributed by atoms with Gasteiger partial charge in [0.2, 0.25) is 5.91 Å². The number of carbonyl (C=O) groups is 1. The van der Waals surface area contributed by atoms with Gasteiger partial charge in [0.1, 0.15) is 0 Å². The van der Waals surface area contributed by atoms with E-state index in [1.54, 1.807) is 18.2 Å². The zero-order chi connectivity index (χ0) is 14.4. The Balaban J connectivity index is 2.03. The van der Waals surface area contributed by atoms with Crippen molar-refractivity contribution < 1.29 is 9.90 Å². The number of hydrogen-bond donors (Lipinski definition) is 3. The molecule has 0 aliphatic heterocycles. The number of nitrogens with one attached hydrogen (secondary N) is 1. The summed E-state index contributed by atoms with van der Waals surface area (Å²) >= 11 is 0. The number of nitrogens with two attached hydrogens (primary N) is 1. The fraction of sp³-hybridized carbons (Fsp3) is 0.188. The summed E-state index contributed by atoms with van der Waals surface area (Å²) in [5.41, 5.74) is 7.73. The van der Waals surface area contributed by atoms with Crippen LogP contribution in [0.2, 0.25) is 0 Å². The normalized spacial score (nSPS) is 12.1. The van der Waals surface area contributed by atoms with Gasteiger partial charge in [0.15, 0.2) is 0 Å². The van der Waals surface area contributed by atoms with Gasteiger partial charge in [-0.1, -0.05) is 42.5 Å². The highest BCUT2D eigenvalue weighted by atomic mass is 16.3. The van der Waals surface area contributed by atoms with Crippen molar-refractivity contribution >= 4 is 5.91 Å². The smallest absolute Gasteiger partial charge is 0.248 e. The average Bonchev–Trinajstić information content (AvgIpc) is 2.49. The lowest BCUT2D eigenvalue weighted by atomic mass is 10.1. The van der Waals surface area contributed by atoms with Gasteiger partial charge >= 0.3 is 0 Å². The largest absolute Gasteiger partial charge is 0.394 e. The Kier molecular flexibility index (Phi) is 4.87. The monoisotopic (exact) mass is 270 g/mol. The maximum Gasteiger partial charge on any atom is 0.248 e. The minimum Gasteiger partial charge on any atom is -0.394 e. The van der Waals surface area contributed by atoms with E-state index >= 15 is 0 Å². The topological polar surface area (TPSA) is 75.4 Å². The molecule has 0 saturated heterocycles. The molecule has 20 heavy (non-hydrogen) atoms. The lowest BCUT2D eigenvalue weighted by molar-refractivity contribution is 0.1000. The van der Waals surface area contributed by atoms with Crippen molar-refractivity contribution in [3.63, 3.8) is 0 Å². The number of amides is 1. The van der Waals surface area contributed by atoms with Crippen LogP contribution in [0.25, 0.3) is 0 Å². The molecule has 0 spiro atoms. The van der Waals surface area contributed by atoms with Crippen molar-refractivity contribution in [2.45, 2.75) is 12.6 Å². The molecule has 0 radical (unpaired) electrons. The Morgan fingerprint density at radius 2 is 1.90 bits per heavy atom. The summed E-state index contributed by atoms with van der Waals surface area (Å²) < 4.78 is 0. The van der Waals surface area contributed by atoms with E-state index in [0.717, 1.165) is 11.1 Å². The molecule has 0 aromatic heterocycles. The van der Waals surface area contributed by atoms with Crippen molar-refractivity contribution in [1.82, 2.24) is 5.32 Å². The fourth-order valence-electron chi connectivity index (χ4n) is 2.05. The van der Waals surface area contributed by atoms with E-state index in [4.69, 9.17) is 5.73 Å². The minimum absolute atomic E-state index is 0.0134. The van der Waals surface area contributed by atoms with Crippen molar-refractivity contribution in [2.75, 3.05) is 6.61 Å². The molecule has 0 saturated carbocycles. The van der Waals surface area contributed by atoms with Crippen LogP contribution in [0.3, 0.4) is 0 Å². The number of aliphatic hydroxyl groups is 1. The predicted octanol–water partition coefficient (Wildman–Crippen LogP) is 1.61. The van der Waals surface area contributed by atoms with Gasteiger partial charge in [0, 0.05) is 12.1 Å². The van der Waals surface area contributed by atoms with Gasteiger partial charge in [-0.15, -0.1) is 0 Å². The highest BCUT2D eigenvalue weighted by molar-refractivity contribution is 5.92. The van der Waals surface area contributed by atoms with E-state index < -0.39 is 5.91 Å². The first-order valence-electron chi connectivity index (χ1n) is 6.48. The molecule has 0 aliphatic carbocycles. The van der Waals surface area contributed by atoms with Gasteiger partial charge in [-0.05, 0) is 23.3 Å². The van der Waals surface area contributed by atoms with Gasteiger partial charge in [0.05, 0.1) is 12.6 Å². The van der Waals surface area contributed by atoms with Crippen LogP contribution in [0.1, 0.15) is 27.5 Å². The van der Waals surface area contributed by atoms with Crippen LogP contribution in [0.15, 0.2) is 54.6 Å². The van der Waals surface area contributed by atoms with Gasteiger partial charge < -0.3 is 16.2 Å². The van der Waals surface area contributed by atoms with Crippen LogP contribution in [0, 0.1) is 0 Å². The molecule has 0 fully saturated rings. The van der Waals surface area contributed by atoms with Crippen LogP contribution in [-0.4, -0.2) is 17.6 Å². The van der Waals surface area contributed by atoms with E-state index in [-0.39, 0.29) is 12.6 Å². The number of primary amides is 1. The zero-order valence-electron chi connectivity index (χ0n) is 11.1. The Morgan fingerprint density at radius 3 is 2.55 bits per heavy atom. The Labute approximate surface area is 118 Å². The molecular weight excluding hydrogens is 252 g/mol.